The Hall–Kier alpha value is -1.02. The Bertz CT molecular complexity index is 387. The van der Waals surface area contributed by atoms with Crippen molar-refractivity contribution in [1.82, 2.24) is 4.90 Å². The van der Waals surface area contributed by atoms with Crippen molar-refractivity contribution < 1.29 is 0 Å². The van der Waals surface area contributed by atoms with Crippen LogP contribution in [-0.2, 0) is 6.54 Å². The SMILES string of the molecule is CCC1CCCC(Nc2ccccc2CN(C)C)C1. The number of benzene rings is 1. The lowest BCUT2D eigenvalue weighted by molar-refractivity contribution is 0.327. The fourth-order valence-electron chi connectivity index (χ4n) is 3.15. The van der Waals surface area contributed by atoms with Gasteiger partial charge in [0.05, 0.1) is 0 Å². The van der Waals surface area contributed by atoms with Crippen LogP contribution in [0.2, 0.25) is 0 Å². The maximum Gasteiger partial charge on any atom is 0.0388 e. The summed E-state index contributed by atoms with van der Waals surface area (Å²) in [5, 5.41) is 3.79. The number of nitrogens with one attached hydrogen (secondary N) is 1. The molecule has 2 heteroatoms. The van der Waals surface area contributed by atoms with E-state index >= 15 is 0 Å². The highest BCUT2D eigenvalue weighted by atomic mass is 15.1. The van der Waals surface area contributed by atoms with Gasteiger partial charge in [0.25, 0.3) is 0 Å². The van der Waals surface area contributed by atoms with Crippen LogP contribution in [0.1, 0.15) is 44.6 Å². The van der Waals surface area contributed by atoms with Gasteiger partial charge in [-0.3, -0.25) is 0 Å². The summed E-state index contributed by atoms with van der Waals surface area (Å²) >= 11 is 0. The van der Waals surface area contributed by atoms with Crippen LogP contribution in [0.3, 0.4) is 0 Å². The number of hydrogen-bond acceptors (Lipinski definition) is 2. The molecule has 106 valence electrons. The van der Waals surface area contributed by atoms with Crippen LogP contribution >= 0.6 is 0 Å². The minimum atomic E-state index is 0.669. The van der Waals surface area contributed by atoms with Gasteiger partial charge in [0, 0.05) is 18.3 Å². The molecule has 1 fully saturated rings. The van der Waals surface area contributed by atoms with Gasteiger partial charge in [-0.05, 0) is 44.5 Å². The first-order valence-corrected chi connectivity index (χ1v) is 7.68. The Kier molecular flexibility index (Phi) is 5.26. The molecule has 19 heavy (non-hydrogen) atoms. The summed E-state index contributed by atoms with van der Waals surface area (Å²) in [4.78, 5) is 2.23. The Labute approximate surface area is 118 Å². The van der Waals surface area contributed by atoms with E-state index in [1.54, 1.807) is 0 Å². The van der Waals surface area contributed by atoms with Gasteiger partial charge in [0.15, 0.2) is 0 Å². The second kappa shape index (κ2) is 6.95. The third-order valence-corrected chi connectivity index (χ3v) is 4.22. The predicted molar refractivity (Wildman–Crippen MR) is 83.5 cm³/mol. The highest BCUT2D eigenvalue weighted by molar-refractivity contribution is 5.51. The smallest absolute Gasteiger partial charge is 0.0388 e. The van der Waals surface area contributed by atoms with E-state index in [1.165, 1.54) is 43.4 Å². The lowest BCUT2D eigenvalue weighted by atomic mass is 9.84. The minimum absolute atomic E-state index is 0.669. The monoisotopic (exact) mass is 260 g/mol. The van der Waals surface area contributed by atoms with Crippen LogP contribution < -0.4 is 5.32 Å². The molecule has 1 aliphatic rings. The van der Waals surface area contributed by atoms with Crippen molar-refractivity contribution in [3.63, 3.8) is 0 Å². The van der Waals surface area contributed by atoms with Crippen LogP contribution in [0.15, 0.2) is 24.3 Å². The molecule has 2 nitrogen and oxygen atoms in total. The van der Waals surface area contributed by atoms with Gasteiger partial charge >= 0.3 is 0 Å². The fraction of sp³-hybridized carbons (Fsp3) is 0.647. The van der Waals surface area contributed by atoms with Crippen molar-refractivity contribution in [3.05, 3.63) is 29.8 Å². The Morgan fingerprint density at radius 3 is 2.74 bits per heavy atom. The predicted octanol–water partition coefficient (Wildman–Crippen LogP) is 4.13. The van der Waals surface area contributed by atoms with Crippen molar-refractivity contribution in [2.45, 2.75) is 51.6 Å². The summed E-state index contributed by atoms with van der Waals surface area (Å²) < 4.78 is 0. The molecule has 0 spiro atoms. The summed E-state index contributed by atoms with van der Waals surface area (Å²) in [6.45, 7) is 3.33. The summed E-state index contributed by atoms with van der Waals surface area (Å²) in [7, 11) is 4.26. The van der Waals surface area contributed by atoms with E-state index in [-0.39, 0.29) is 0 Å². The van der Waals surface area contributed by atoms with Gasteiger partial charge in [-0.1, -0.05) is 44.4 Å². The van der Waals surface area contributed by atoms with E-state index in [9.17, 15) is 0 Å². The molecule has 0 bridgehead atoms. The largest absolute Gasteiger partial charge is 0.382 e. The number of para-hydroxylation sites is 1. The highest BCUT2D eigenvalue weighted by Gasteiger charge is 2.21. The molecule has 1 aromatic carbocycles. The zero-order valence-electron chi connectivity index (χ0n) is 12.7. The molecule has 1 saturated carbocycles. The van der Waals surface area contributed by atoms with Crippen molar-refractivity contribution in [3.8, 4) is 0 Å². The number of rotatable bonds is 5. The Balaban J connectivity index is 2.01. The molecule has 0 aliphatic heterocycles. The zero-order valence-corrected chi connectivity index (χ0v) is 12.7. The van der Waals surface area contributed by atoms with Crippen molar-refractivity contribution in [2.24, 2.45) is 5.92 Å². The molecule has 0 aromatic heterocycles. The first-order valence-electron chi connectivity index (χ1n) is 7.68. The van der Waals surface area contributed by atoms with Crippen LogP contribution in [0, 0.1) is 5.92 Å². The van der Waals surface area contributed by atoms with E-state index < -0.39 is 0 Å². The van der Waals surface area contributed by atoms with Gasteiger partial charge in [0.2, 0.25) is 0 Å². The first-order chi connectivity index (χ1) is 9.19. The summed E-state index contributed by atoms with van der Waals surface area (Å²) in [6, 6.07) is 9.42. The standard InChI is InChI=1S/C17H28N2/c1-4-14-8-7-10-16(12-14)18-17-11-6-5-9-15(17)13-19(2)3/h5-6,9,11,14,16,18H,4,7-8,10,12-13H2,1-3H3. The second-order valence-corrected chi connectivity index (χ2v) is 6.18. The van der Waals surface area contributed by atoms with E-state index in [2.05, 4.69) is 55.5 Å². The normalized spacial score (nSPS) is 23.6. The molecule has 0 amide bonds. The number of anilines is 1. The van der Waals surface area contributed by atoms with Crippen molar-refractivity contribution >= 4 is 5.69 Å². The van der Waals surface area contributed by atoms with Crippen LogP contribution in [0.5, 0.6) is 0 Å². The topological polar surface area (TPSA) is 15.3 Å². The van der Waals surface area contributed by atoms with Gasteiger partial charge in [-0.15, -0.1) is 0 Å². The third-order valence-electron chi connectivity index (χ3n) is 4.22. The van der Waals surface area contributed by atoms with Crippen molar-refractivity contribution in [1.29, 1.82) is 0 Å². The Morgan fingerprint density at radius 2 is 2.00 bits per heavy atom. The molecule has 1 aliphatic carbocycles. The summed E-state index contributed by atoms with van der Waals surface area (Å²) in [6.07, 6.45) is 6.80. The van der Waals surface area contributed by atoms with Crippen molar-refractivity contribution in [2.75, 3.05) is 19.4 Å². The highest BCUT2D eigenvalue weighted by Crippen LogP contribution is 2.29. The van der Waals surface area contributed by atoms with Gasteiger partial charge in [-0.25, -0.2) is 0 Å². The fourth-order valence-corrected chi connectivity index (χ4v) is 3.15. The molecule has 0 radical (unpaired) electrons. The molecular weight excluding hydrogens is 232 g/mol. The van der Waals surface area contributed by atoms with E-state index in [4.69, 9.17) is 0 Å². The average molecular weight is 260 g/mol. The summed E-state index contributed by atoms with van der Waals surface area (Å²) in [5.41, 5.74) is 2.74. The molecule has 0 saturated heterocycles. The van der Waals surface area contributed by atoms with Crippen LogP contribution in [-0.4, -0.2) is 25.0 Å². The third kappa shape index (κ3) is 4.24. The molecule has 2 rings (SSSR count). The molecular formula is C17H28N2. The van der Waals surface area contributed by atoms with Crippen LogP contribution in [0.25, 0.3) is 0 Å². The quantitative estimate of drug-likeness (QED) is 0.856. The molecule has 2 atom stereocenters. The molecule has 2 unspecified atom stereocenters. The first kappa shape index (κ1) is 14.4. The second-order valence-electron chi connectivity index (χ2n) is 6.18. The van der Waals surface area contributed by atoms with Gasteiger partial charge in [-0.2, -0.15) is 0 Å². The van der Waals surface area contributed by atoms with Crippen LogP contribution in [0.4, 0.5) is 5.69 Å². The zero-order chi connectivity index (χ0) is 13.7. The number of nitrogens with zero attached hydrogens (tertiary/aromatic N) is 1. The molecule has 1 aromatic rings. The minimum Gasteiger partial charge on any atom is -0.382 e. The maximum atomic E-state index is 3.79. The maximum absolute atomic E-state index is 3.79. The van der Waals surface area contributed by atoms with Gasteiger partial charge in [0.1, 0.15) is 0 Å². The molecule has 0 heterocycles. The summed E-state index contributed by atoms with van der Waals surface area (Å²) in [5.74, 6) is 0.923. The van der Waals surface area contributed by atoms with E-state index in [0.29, 0.717) is 6.04 Å². The number of hydrogen-bond donors (Lipinski definition) is 1. The molecule has 1 N–H and O–H groups in total. The van der Waals surface area contributed by atoms with E-state index in [1.807, 2.05) is 0 Å². The Morgan fingerprint density at radius 1 is 1.21 bits per heavy atom. The average Bonchev–Trinajstić information content (AvgIpc) is 2.41. The lowest BCUT2D eigenvalue weighted by Gasteiger charge is -2.30. The van der Waals surface area contributed by atoms with E-state index in [0.717, 1.165) is 12.5 Å². The lowest BCUT2D eigenvalue weighted by Crippen LogP contribution is -2.27. The van der Waals surface area contributed by atoms with Gasteiger partial charge < -0.3 is 10.2 Å².